The molecule has 1 fully saturated rings. The molecule has 4 N–H and O–H groups in total. The fraction of sp³-hybridized carbons (Fsp3) is 0.889. The van der Waals surface area contributed by atoms with Crippen LogP contribution in [0.25, 0.3) is 0 Å². The maximum atomic E-state index is 9.49. The Balaban J connectivity index is 2.28. The van der Waals surface area contributed by atoms with Gasteiger partial charge in [-0.25, -0.2) is 0 Å². The molecule has 1 aliphatic rings. The fourth-order valence-corrected chi connectivity index (χ4v) is 1.89. The number of rotatable bonds is 3. The lowest BCUT2D eigenvalue weighted by molar-refractivity contribution is 0.0462. The van der Waals surface area contributed by atoms with Crippen LogP contribution in [0, 0.1) is 11.3 Å². The lowest BCUT2D eigenvalue weighted by Gasteiger charge is -2.33. The number of nitrogens with one attached hydrogen (secondary N) is 1. The van der Waals surface area contributed by atoms with E-state index in [1.54, 1.807) is 0 Å². The van der Waals surface area contributed by atoms with Crippen LogP contribution < -0.4 is 5.73 Å². The van der Waals surface area contributed by atoms with Gasteiger partial charge in [0.1, 0.15) is 0 Å². The molecule has 0 amide bonds. The summed E-state index contributed by atoms with van der Waals surface area (Å²) in [4.78, 5) is 2.18. The number of amidine groups is 1. The number of nitrogens with zero attached hydrogens (tertiary/aromatic N) is 1. The summed E-state index contributed by atoms with van der Waals surface area (Å²) in [7, 11) is 0. The predicted molar refractivity (Wildman–Crippen MR) is 52.8 cm³/mol. The van der Waals surface area contributed by atoms with Gasteiger partial charge in [-0.1, -0.05) is 6.92 Å². The molecule has 2 atom stereocenters. The quantitative estimate of drug-likeness (QED) is 0.428. The van der Waals surface area contributed by atoms with E-state index in [-0.39, 0.29) is 11.9 Å². The van der Waals surface area contributed by atoms with Gasteiger partial charge in [-0.05, 0) is 12.3 Å². The number of hydrogen-bond acceptors (Lipinski definition) is 3. The van der Waals surface area contributed by atoms with E-state index in [1.165, 1.54) is 0 Å². The van der Waals surface area contributed by atoms with Gasteiger partial charge in [0.25, 0.3) is 0 Å². The van der Waals surface area contributed by atoms with E-state index >= 15 is 0 Å². The van der Waals surface area contributed by atoms with Crippen molar-refractivity contribution in [1.29, 1.82) is 5.41 Å². The average molecular weight is 185 g/mol. The van der Waals surface area contributed by atoms with Crippen LogP contribution in [0.15, 0.2) is 0 Å². The van der Waals surface area contributed by atoms with Crippen molar-refractivity contribution in [2.75, 3.05) is 19.6 Å². The van der Waals surface area contributed by atoms with Crippen molar-refractivity contribution in [2.24, 2.45) is 11.7 Å². The Bertz CT molecular complexity index is 174. The first-order valence-corrected chi connectivity index (χ1v) is 4.81. The SMILES string of the molecule is CC1CC(O)CN(CCC(=N)N)C1. The lowest BCUT2D eigenvalue weighted by Crippen LogP contribution is -2.43. The molecule has 0 aliphatic carbocycles. The maximum absolute atomic E-state index is 9.49. The van der Waals surface area contributed by atoms with Crippen molar-refractivity contribution in [1.82, 2.24) is 4.90 Å². The van der Waals surface area contributed by atoms with E-state index in [1.807, 2.05) is 0 Å². The largest absolute Gasteiger partial charge is 0.392 e. The molecule has 4 heteroatoms. The zero-order valence-electron chi connectivity index (χ0n) is 8.16. The minimum absolute atomic E-state index is 0.198. The third kappa shape index (κ3) is 3.74. The molecule has 0 aromatic carbocycles. The summed E-state index contributed by atoms with van der Waals surface area (Å²) in [5.74, 6) is 0.781. The van der Waals surface area contributed by atoms with E-state index in [0.717, 1.165) is 26.1 Å². The van der Waals surface area contributed by atoms with Crippen molar-refractivity contribution in [3.05, 3.63) is 0 Å². The molecule has 0 radical (unpaired) electrons. The maximum Gasteiger partial charge on any atom is 0.0918 e. The van der Waals surface area contributed by atoms with Crippen molar-refractivity contribution in [3.8, 4) is 0 Å². The highest BCUT2D eigenvalue weighted by Crippen LogP contribution is 2.15. The number of piperidine rings is 1. The van der Waals surface area contributed by atoms with E-state index < -0.39 is 0 Å². The van der Waals surface area contributed by atoms with Gasteiger partial charge in [-0.15, -0.1) is 0 Å². The summed E-state index contributed by atoms with van der Waals surface area (Å²) in [5.41, 5.74) is 5.27. The Labute approximate surface area is 79.2 Å². The number of hydrogen-bond donors (Lipinski definition) is 3. The van der Waals surface area contributed by atoms with E-state index in [2.05, 4.69) is 11.8 Å². The summed E-state index contributed by atoms with van der Waals surface area (Å²) >= 11 is 0. The highest BCUT2D eigenvalue weighted by atomic mass is 16.3. The average Bonchev–Trinajstić information content (AvgIpc) is 1.99. The van der Waals surface area contributed by atoms with Gasteiger partial charge in [-0.2, -0.15) is 0 Å². The molecule has 1 heterocycles. The molecule has 1 saturated heterocycles. The second-order valence-corrected chi connectivity index (χ2v) is 4.03. The molecule has 1 rings (SSSR count). The highest BCUT2D eigenvalue weighted by molar-refractivity contribution is 5.76. The Morgan fingerprint density at radius 2 is 2.31 bits per heavy atom. The molecular weight excluding hydrogens is 166 g/mol. The second-order valence-electron chi connectivity index (χ2n) is 4.03. The Kier molecular flexibility index (Phi) is 3.69. The molecule has 13 heavy (non-hydrogen) atoms. The Morgan fingerprint density at radius 3 is 2.85 bits per heavy atom. The van der Waals surface area contributed by atoms with Gasteiger partial charge in [0.2, 0.25) is 0 Å². The number of aliphatic hydroxyl groups excluding tert-OH is 1. The van der Waals surface area contributed by atoms with Gasteiger partial charge >= 0.3 is 0 Å². The van der Waals surface area contributed by atoms with Crippen molar-refractivity contribution < 1.29 is 5.11 Å². The number of likely N-dealkylation sites (tertiary alicyclic amines) is 1. The highest BCUT2D eigenvalue weighted by Gasteiger charge is 2.22. The predicted octanol–water partition coefficient (Wildman–Crippen LogP) is 0.0152. The molecule has 0 aromatic rings. The molecule has 0 bridgehead atoms. The molecule has 0 aromatic heterocycles. The minimum Gasteiger partial charge on any atom is -0.392 e. The van der Waals surface area contributed by atoms with Crippen molar-refractivity contribution in [2.45, 2.75) is 25.9 Å². The summed E-state index contributed by atoms with van der Waals surface area (Å²) in [5, 5.41) is 16.6. The van der Waals surface area contributed by atoms with Crippen LogP contribution in [0.1, 0.15) is 19.8 Å². The number of aliphatic hydroxyl groups is 1. The molecular formula is C9H19N3O. The lowest BCUT2D eigenvalue weighted by atomic mass is 9.98. The summed E-state index contributed by atoms with van der Waals surface area (Å²) in [6, 6.07) is 0. The first-order valence-electron chi connectivity index (χ1n) is 4.81. The van der Waals surface area contributed by atoms with Gasteiger partial charge in [0.15, 0.2) is 0 Å². The summed E-state index contributed by atoms with van der Waals surface area (Å²) in [6.07, 6.45) is 1.31. The molecule has 76 valence electrons. The first-order chi connectivity index (χ1) is 6.08. The van der Waals surface area contributed by atoms with Gasteiger partial charge in [0.05, 0.1) is 11.9 Å². The van der Waals surface area contributed by atoms with Crippen molar-refractivity contribution in [3.63, 3.8) is 0 Å². The van der Waals surface area contributed by atoms with Gasteiger partial charge in [-0.3, -0.25) is 5.41 Å². The van der Waals surface area contributed by atoms with Crippen LogP contribution >= 0.6 is 0 Å². The summed E-state index contributed by atoms with van der Waals surface area (Å²) in [6.45, 7) is 4.70. The zero-order chi connectivity index (χ0) is 9.84. The zero-order valence-corrected chi connectivity index (χ0v) is 8.16. The fourth-order valence-electron chi connectivity index (χ4n) is 1.89. The molecule has 2 unspecified atom stereocenters. The van der Waals surface area contributed by atoms with Crippen LogP contribution in [-0.4, -0.2) is 41.6 Å². The molecule has 0 spiro atoms. The van der Waals surface area contributed by atoms with Crippen LogP contribution in [0.3, 0.4) is 0 Å². The Morgan fingerprint density at radius 1 is 1.62 bits per heavy atom. The van der Waals surface area contributed by atoms with Crippen LogP contribution in [0.5, 0.6) is 0 Å². The third-order valence-corrected chi connectivity index (χ3v) is 2.41. The third-order valence-electron chi connectivity index (χ3n) is 2.41. The molecule has 0 saturated carbocycles. The monoisotopic (exact) mass is 185 g/mol. The molecule has 1 aliphatic heterocycles. The molecule has 4 nitrogen and oxygen atoms in total. The van der Waals surface area contributed by atoms with E-state index in [4.69, 9.17) is 11.1 Å². The van der Waals surface area contributed by atoms with Gasteiger partial charge in [0, 0.05) is 26.1 Å². The first kappa shape index (κ1) is 10.5. The van der Waals surface area contributed by atoms with E-state index in [9.17, 15) is 5.11 Å². The topological polar surface area (TPSA) is 73.3 Å². The van der Waals surface area contributed by atoms with Crippen LogP contribution in [-0.2, 0) is 0 Å². The van der Waals surface area contributed by atoms with Crippen LogP contribution in [0.2, 0.25) is 0 Å². The van der Waals surface area contributed by atoms with Crippen molar-refractivity contribution >= 4 is 5.84 Å². The number of nitrogens with two attached hydrogens (primary N) is 1. The minimum atomic E-state index is -0.198. The summed E-state index contributed by atoms with van der Waals surface area (Å²) < 4.78 is 0. The standard InChI is InChI=1S/C9H19N3O/c1-7-4-8(13)6-12(5-7)3-2-9(10)11/h7-8,13H,2-6H2,1H3,(H3,10,11). The normalized spacial score (nSPS) is 30.3. The van der Waals surface area contributed by atoms with Crippen LogP contribution in [0.4, 0.5) is 0 Å². The second kappa shape index (κ2) is 4.58. The smallest absolute Gasteiger partial charge is 0.0918 e. The van der Waals surface area contributed by atoms with Gasteiger partial charge < -0.3 is 15.7 Å². The van der Waals surface area contributed by atoms with E-state index in [0.29, 0.717) is 12.3 Å². The number of β-amino-alcohol motifs (C(OH)–C–C–N with tert-alkyl or cyclic N) is 1. The Hall–Kier alpha value is -0.610.